The molecule has 210 valence electrons. The maximum Gasteiger partial charge on any atom is 1.00 e. The van der Waals surface area contributed by atoms with Gasteiger partial charge < -0.3 is 10.9 Å². The third kappa shape index (κ3) is 19.6. The zero-order valence-corrected chi connectivity index (χ0v) is 28.4. The summed E-state index contributed by atoms with van der Waals surface area (Å²) in [7, 11) is -4.76. The number of unbranched alkanes of at least 4 members (excludes halogenated alkanes) is 2. The van der Waals surface area contributed by atoms with Gasteiger partial charge >= 0.3 is 41.5 Å². The van der Waals surface area contributed by atoms with Crippen LogP contribution in [0.4, 0.5) is 0 Å². The number of ether oxygens (including phenoxy) is 2. The molecule has 0 aromatic heterocycles. The van der Waals surface area contributed by atoms with E-state index in [2.05, 4.69) is 39.0 Å². The average molecular weight is 569 g/mol. The van der Waals surface area contributed by atoms with Gasteiger partial charge in [-0.25, -0.2) is 0 Å². The van der Waals surface area contributed by atoms with Gasteiger partial charge in [-0.1, -0.05) is 96.7 Å². The fraction of sp³-hybridized carbons (Fsp3) is 0.778. The molecule has 0 saturated carbocycles. The van der Waals surface area contributed by atoms with Gasteiger partial charge in [0.25, 0.3) is 25.3 Å². The molecule has 3 unspecified atom stereocenters. The minimum atomic E-state index is -4.76. The molecule has 0 saturated heterocycles. The molecule has 1 aliphatic rings. The molecule has 37 heavy (non-hydrogen) atoms. The van der Waals surface area contributed by atoms with Crippen LogP contribution in [0.3, 0.4) is 0 Å². The van der Waals surface area contributed by atoms with Crippen LogP contribution in [0.15, 0.2) is 22.7 Å². The van der Waals surface area contributed by atoms with Gasteiger partial charge in [0.15, 0.2) is 5.25 Å². The van der Waals surface area contributed by atoms with Crippen LogP contribution in [-0.2, 0) is 29.2 Å². The summed E-state index contributed by atoms with van der Waals surface area (Å²) in [4.78, 5) is 24.2. The Hall–Kier alpha value is -0.138. The Balaban J connectivity index is -0.00000104. The van der Waals surface area contributed by atoms with Crippen molar-refractivity contribution >= 4 is 37.3 Å². The van der Waals surface area contributed by atoms with Crippen molar-refractivity contribution in [1.82, 2.24) is 0 Å². The van der Waals surface area contributed by atoms with Crippen molar-refractivity contribution < 1.29 is 63.0 Å². The monoisotopic (exact) mass is 568 g/mol. The Morgan fingerprint density at radius 3 is 1.95 bits per heavy atom. The van der Waals surface area contributed by atoms with Crippen molar-refractivity contribution in [3.8, 4) is 0 Å². The first kappa shape index (κ1) is 39.0. The van der Waals surface area contributed by atoms with E-state index < -0.39 is 33.7 Å². The van der Waals surface area contributed by atoms with Gasteiger partial charge in [0.2, 0.25) is 0 Å². The molecule has 0 spiro atoms. The zero-order valence-electron chi connectivity index (χ0n) is 25.2. The summed E-state index contributed by atoms with van der Waals surface area (Å²) in [6.07, 6.45) is 14.7. The summed E-state index contributed by atoms with van der Waals surface area (Å²) >= 11 is 0.197. The molecule has 1 rings (SSSR count). The molecule has 0 heterocycles. The van der Waals surface area contributed by atoms with Gasteiger partial charge in [-0.15, -0.1) is 4.44 Å². The van der Waals surface area contributed by atoms with Crippen LogP contribution in [0.1, 0.15) is 100 Å². The molecule has 0 amide bonds. The summed E-state index contributed by atoms with van der Waals surface area (Å²) in [5.41, 5.74) is 0. The topological polar surface area (TPSA) is 107 Å². The maximum atomic E-state index is 12.2. The Labute approximate surface area is 255 Å². The fourth-order valence-corrected chi connectivity index (χ4v) is 5.79. The van der Waals surface area contributed by atoms with E-state index >= 15 is 0 Å². The van der Waals surface area contributed by atoms with E-state index in [-0.39, 0.29) is 71.3 Å². The first-order valence-corrected chi connectivity index (χ1v) is 17.0. The molecule has 1 N–H and O–H groups in total. The second-order valence-electron chi connectivity index (χ2n) is 9.56. The van der Waals surface area contributed by atoms with Crippen LogP contribution in [0, 0.1) is 11.8 Å². The van der Waals surface area contributed by atoms with E-state index in [4.69, 9.17) is 9.47 Å². The number of allylic oxidation sites excluding steroid dienone is 4. The smallest absolute Gasteiger partial charge is 1.00 e. The van der Waals surface area contributed by atoms with Gasteiger partial charge in [0, 0.05) is 0 Å². The summed E-state index contributed by atoms with van der Waals surface area (Å²) < 4.78 is 44.5. The van der Waals surface area contributed by atoms with Crippen LogP contribution in [-0.4, -0.2) is 58.6 Å². The molecule has 10 heteroatoms. The third-order valence-corrected chi connectivity index (χ3v) is 9.17. The van der Waals surface area contributed by atoms with E-state index in [0.29, 0.717) is 0 Å². The van der Waals surface area contributed by atoms with Crippen LogP contribution >= 0.6 is 0 Å². The molecule has 0 bridgehead atoms. The molecular weight excluding hydrogens is 518 g/mol. The van der Waals surface area contributed by atoms with Gasteiger partial charge in [-0.05, 0) is 31.1 Å². The van der Waals surface area contributed by atoms with Crippen LogP contribution in [0.25, 0.3) is 0 Å². The second-order valence-corrected chi connectivity index (χ2v) is 13.6. The predicted molar refractivity (Wildman–Crippen MR) is 149 cm³/mol. The summed E-state index contributed by atoms with van der Waals surface area (Å²) in [6, 6.07) is 0. The number of carbonyl (C=O) groups excluding carboxylic acids is 2. The first-order valence-electron chi connectivity index (χ1n) is 13.8. The molecule has 1 aliphatic carbocycles. The van der Waals surface area contributed by atoms with E-state index in [0.717, 1.165) is 51.4 Å². The predicted octanol–water partition coefficient (Wildman–Crippen LogP) is 2.97. The van der Waals surface area contributed by atoms with E-state index in [1.165, 1.54) is 11.7 Å². The molecule has 0 fully saturated rings. The minimum Gasteiger partial charge on any atom is -1.00 e. The maximum absolute atomic E-state index is 12.2. The van der Waals surface area contributed by atoms with E-state index in [1.807, 2.05) is 13.8 Å². The zero-order chi connectivity index (χ0) is 27.4. The normalized spacial score (nSPS) is 14.8. The largest absolute Gasteiger partial charge is 1.00 e. The fourth-order valence-electron chi connectivity index (χ4n) is 3.82. The number of carbonyl (C=O) groups is 2. The summed E-state index contributed by atoms with van der Waals surface area (Å²) in [5.74, 6) is -1.61. The van der Waals surface area contributed by atoms with Crippen molar-refractivity contribution in [1.29, 1.82) is 0 Å². The van der Waals surface area contributed by atoms with Gasteiger partial charge in [0.05, 0.1) is 19.6 Å². The number of rotatable bonds is 18. The van der Waals surface area contributed by atoms with Crippen LogP contribution in [0.5, 0.6) is 0 Å². The number of hydrogen-bond acceptors (Lipinski definition) is 6. The quantitative estimate of drug-likeness (QED) is 0.154. The summed E-state index contributed by atoms with van der Waals surface area (Å²) in [5, 5.41) is -0.521. The van der Waals surface area contributed by atoms with Crippen molar-refractivity contribution in [2.45, 2.75) is 109 Å². The van der Waals surface area contributed by atoms with E-state index in [1.54, 1.807) is 4.44 Å². The van der Waals surface area contributed by atoms with E-state index in [9.17, 15) is 22.6 Å². The number of hydrogen-bond donors (Lipinski definition) is 1. The Morgan fingerprint density at radius 2 is 1.54 bits per heavy atom. The molecule has 0 aliphatic heterocycles. The Bertz CT molecular complexity index is 790. The van der Waals surface area contributed by atoms with Crippen molar-refractivity contribution in [3.05, 3.63) is 22.7 Å². The molecule has 3 atom stereocenters. The van der Waals surface area contributed by atoms with Gasteiger partial charge in [-0.2, -0.15) is 8.42 Å². The SMILES string of the molecule is CCCCC(CC)COC(=O)CC(C(=O)OCC(CC)CCCC)S(=O)(=O)O.C[CH2][AlH][C]1=CC=CC1.[H-].[Na+]. The van der Waals surface area contributed by atoms with Crippen molar-refractivity contribution in [2.24, 2.45) is 11.8 Å². The van der Waals surface area contributed by atoms with Crippen LogP contribution in [0.2, 0.25) is 5.28 Å². The first-order chi connectivity index (χ1) is 17.1. The molecule has 0 radical (unpaired) electrons. The molecule has 0 aromatic carbocycles. The standard InChI is InChI=1S/C20H38O7S.C5H5.C2H5.Al.Na.2H/c1-5-9-11-16(7-3)14-26-19(21)13-18(28(23,24)25)20(22)27-15-17(8-4)12-10-6-2;1-2-4-5-3-1;1-2;;;;/h16-18H,5-15H2,1-4H3,(H,23,24,25);1-3H,4H2;1H2,2H3;;;;/q;;;;+1;;-1. The average Bonchev–Trinajstić information content (AvgIpc) is 3.36. The molecule has 7 nitrogen and oxygen atoms in total. The molecule has 0 aromatic rings. The van der Waals surface area contributed by atoms with Gasteiger partial charge in [-0.3, -0.25) is 14.1 Å². The summed E-state index contributed by atoms with van der Waals surface area (Å²) in [6.45, 7) is 10.6. The molecular formula is C27H50AlNaO7S. The van der Waals surface area contributed by atoms with Gasteiger partial charge in [0.1, 0.15) is 0 Å². The third-order valence-electron chi connectivity index (χ3n) is 6.42. The minimum absolute atomic E-state index is 0. The van der Waals surface area contributed by atoms with Crippen molar-refractivity contribution in [2.75, 3.05) is 13.2 Å². The number of esters is 2. The Morgan fingerprint density at radius 1 is 1.00 bits per heavy atom. The Kier molecular flexibility index (Phi) is 25.0. The van der Waals surface area contributed by atoms with Crippen LogP contribution < -0.4 is 29.6 Å². The second kappa shape index (κ2) is 23.7. The van der Waals surface area contributed by atoms with Crippen molar-refractivity contribution in [3.63, 3.8) is 0 Å².